The van der Waals surface area contributed by atoms with Gasteiger partial charge in [0.25, 0.3) is 0 Å². The van der Waals surface area contributed by atoms with E-state index in [2.05, 4.69) is 54.3 Å². The van der Waals surface area contributed by atoms with E-state index < -0.39 is 0 Å². The first kappa shape index (κ1) is 17.8. The van der Waals surface area contributed by atoms with Crippen molar-refractivity contribution in [1.29, 1.82) is 0 Å². The van der Waals surface area contributed by atoms with Crippen LogP contribution < -0.4 is 0 Å². The molecular formula is C20H23Cl2NO. The lowest BCUT2D eigenvalue weighted by atomic mass is 9.79. The molecule has 1 fully saturated rings. The van der Waals surface area contributed by atoms with Gasteiger partial charge in [0, 0.05) is 30.6 Å². The summed E-state index contributed by atoms with van der Waals surface area (Å²) >= 11 is 6.39. The third-order valence-electron chi connectivity index (χ3n) is 5.45. The summed E-state index contributed by atoms with van der Waals surface area (Å²) in [6, 6.07) is 17.0. The Hall–Kier alpha value is -1.06. The average Bonchev–Trinajstić information content (AvgIpc) is 2.95. The van der Waals surface area contributed by atoms with E-state index in [0.717, 1.165) is 31.1 Å². The second-order valence-corrected chi connectivity index (χ2v) is 7.13. The highest BCUT2D eigenvalue weighted by Gasteiger charge is 2.50. The van der Waals surface area contributed by atoms with Crippen LogP contribution in [0.15, 0.2) is 48.5 Å². The summed E-state index contributed by atoms with van der Waals surface area (Å²) < 4.78 is 6.39. The number of benzene rings is 2. The summed E-state index contributed by atoms with van der Waals surface area (Å²) in [5, 5.41) is 0.841. The molecule has 0 saturated carbocycles. The van der Waals surface area contributed by atoms with Gasteiger partial charge in [-0.25, -0.2) is 0 Å². The summed E-state index contributed by atoms with van der Waals surface area (Å²) in [6.45, 7) is 5.90. The first-order valence-corrected chi connectivity index (χ1v) is 8.77. The van der Waals surface area contributed by atoms with Crippen LogP contribution in [0.5, 0.6) is 0 Å². The highest BCUT2D eigenvalue weighted by atomic mass is 35.5. The minimum atomic E-state index is -0.0630. The van der Waals surface area contributed by atoms with Gasteiger partial charge in [-0.15, -0.1) is 12.4 Å². The van der Waals surface area contributed by atoms with Gasteiger partial charge in [-0.3, -0.25) is 4.90 Å². The van der Waals surface area contributed by atoms with Gasteiger partial charge in [0.05, 0.1) is 12.2 Å². The number of hydrogen-bond donors (Lipinski definition) is 0. The van der Waals surface area contributed by atoms with Crippen molar-refractivity contribution in [3.05, 3.63) is 70.2 Å². The molecule has 24 heavy (non-hydrogen) atoms. The lowest BCUT2D eigenvalue weighted by molar-refractivity contribution is -0.0727. The number of ether oxygens (including phenoxy) is 1. The highest BCUT2D eigenvalue weighted by Crippen LogP contribution is 2.47. The zero-order valence-electron chi connectivity index (χ0n) is 13.9. The molecule has 2 aliphatic rings. The van der Waals surface area contributed by atoms with Gasteiger partial charge in [-0.1, -0.05) is 61.0 Å². The van der Waals surface area contributed by atoms with Crippen LogP contribution in [-0.4, -0.2) is 23.6 Å². The fourth-order valence-corrected chi connectivity index (χ4v) is 4.43. The summed E-state index contributed by atoms with van der Waals surface area (Å²) in [4.78, 5) is 2.53. The van der Waals surface area contributed by atoms with Crippen LogP contribution in [0, 0.1) is 0 Å². The van der Waals surface area contributed by atoms with Crippen molar-refractivity contribution in [3.63, 3.8) is 0 Å². The second-order valence-electron chi connectivity index (χ2n) is 6.72. The Kier molecular flexibility index (Phi) is 5.22. The van der Waals surface area contributed by atoms with Crippen molar-refractivity contribution in [3.8, 4) is 0 Å². The van der Waals surface area contributed by atoms with Gasteiger partial charge in [0.15, 0.2) is 0 Å². The predicted molar refractivity (Wildman–Crippen MR) is 101 cm³/mol. The first-order chi connectivity index (χ1) is 11.2. The number of rotatable bonds is 3. The third-order valence-corrected chi connectivity index (χ3v) is 5.80. The molecule has 0 amide bonds. The molecule has 128 valence electrons. The molecule has 0 bridgehead atoms. The Bertz CT molecular complexity index is 706. The molecule has 2 aromatic rings. The zero-order valence-corrected chi connectivity index (χ0v) is 15.4. The molecule has 4 heteroatoms. The quantitative estimate of drug-likeness (QED) is 0.757. The normalized spacial score (nSPS) is 25.7. The molecule has 2 aliphatic heterocycles. The SMILES string of the molecule is CCC12CN(Cc3ccccc3)CC1c1cccc(Cl)c1CO2.Cl. The van der Waals surface area contributed by atoms with E-state index in [1.165, 1.54) is 16.7 Å². The standard InChI is InChI=1S/C20H22ClNO.ClH/c1-2-20-14-22(11-15-7-4-3-5-8-15)12-18(20)16-9-6-10-19(21)17(16)13-23-20;/h3-10,18H,2,11-14H2,1H3;1H. The maximum absolute atomic E-state index is 6.39. The van der Waals surface area contributed by atoms with Crippen LogP contribution in [0.25, 0.3) is 0 Å². The van der Waals surface area contributed by atoms with E-state index in [1.807, 2.05) is 6.07 Å². The van der Waals surface area contributed by atoms with Crippen LogP contribution in [0.4, 0.5) is 0 Å². The molecule has 1 saturated heterocycles. The molecule has 0 N–H and O–H groups in total. The molecule has 2 nitrogen and oxygen atoms in total. The Balaban J connectivity index is 0.00000169. The Morgan fingerprint density at radius 1 is 1.17 bits per heavy atom. The van der Waals surface area contributed by atoms with E-state index >= 15 is 0 Å². The van der Waals surface area contributed by atoms with Gasteiger partial charge in [0.1, 0.15) is 0 Å². The van der Waals surface area contributed by atoms with Crippen LogP contribution in [0.1, 0.15) is 36.0 Å². The van der Waals surface area contributed by atoms with Gasteiger partial charge >= 0.3 is 0 Å². The number of fused-ring (bicyclic) bond motifs is 3. The van der Waals surface area contributed by atoms with Crippen LogP contribution in [-0.2, 0) is 17.9 Å². The minimum Gasteiger partial charge on any atom is -0.368 e. The molecule has 0 aliphatic carbocycles. The summed E-state index contributed by atoms with van der Waals surface area (Å²) in [7, 11) is 0. The molecule has 4 rings (SSSR count). The Labute approximate surface area is 155 Å². The molecule has 0 spiro atoms. The molecule has 2 heterocycles. The van der Waals surface area contributed by atoms with E-state index in [0.29, 0.717) is 12.5 Å². The van der Waals surface area contributed by atoms with E-state index in [9.17, 15) is 0 Å². The lowest BCUT2D eigenvalue weighted by Crippen LogP contribution is -2.42. The van der Waals surface area contributed by atoms with Crippen molar-refractivity contribution in [1.82, 2.24) is 4.90 Å². The fourth-order valence-electron chi connectivity index (χ4n) is 4.20. The zero-order chi connectivity index (χ0) is 15.9. The summed E-state index contributed by atoms with van der Waals surface area (Å²) in [6.07, 6.45) is 1.04. The number of halogens is 2. The van der Waals surface area contributed by atoms with E-state index in [1.54, 1.807) is 0 Å². The summed E-state index contributed by atoms with van der Waals surface area (Å²) in [5.41, 5.74) is 3.88. The Morgan fingerprint density at radius 3 is 2.71 bits per heavy atom. The van der Waals surface area contributed by atoms with Gasteiger partial charge in [0.2, 0.25) is 0 Å². The van der Waals surface area contributed by atoms with Crippen molar-refractivity contribution in [2.75, 3.05) is 13.1 Å². The molecule has 2 atom stereocenters. The molecule has 0 aromatic heterocycles. The van der Waals surface area contributed by atoms with Gasteiger partial charge < -0.3 is 4.74 Å². The van der Waals surface area contributed by atoms with Crippen molar-refractivity contribution < 1.29 is 4.74 Å². The maximum atomic E-state index is 6.39. The molecule has 2 aromatic carbocycles. The number of likely N-dealkylation sites (tertiary alicyclic amines) is 1. The maximum Gasteiger partial charge on any atom is 0.0891 e. The van der Waals surface area contributed by atoms with Crippen molar-refractivity contribution in [2.24, 2.45) is 0 Å². The minimum absolute atomic E-state index is 0. The first-order valence-electron chi connectivity index (χ1n) is 8.39. The summed E-state index contributed by atoms with van der Waals surface area (Å²) in [5.74, 6) is 0.415. The highest BCUT2D eigenvalue weighted by molar-refractivity contribution is 6.31. The monoisotopic (exact) mass is 363 g/mol. The van der Waals surface area contributed by atoms with Crippen molar-refractivity contribution in [2.45, 2.75) is 38.0 Å². The smallest absolute Gasteiger partial charge is 0.0891 e. The Morgan fingerprint density at radius 2 is 1.96 bits per heavy atom. The topological polar surface area (TPSA) is 12.5 Å². The van der Waals surface area contributed by atoms with Gasteiger partial charge in [-0.2, -0.15) is 0 Å². The lowest BCUT2D eigenvalue weighted by Gasteiger charge is -2.39. The molecule has 2 unspecified atom stereocenters. The average molecular weight is 364 g/mol. The van der Waals surface area contributed by atoms with Gasteiger partial charge in [-0.05, 0) is 29.2 Å². The largest absolute Gasteiger partial charge is 0.368 e. The second kappa shape index (κ2) is 7.05. The van der Waals surface area contributed by atoms with Crippen LogP contribution >= 0.6 is 24.0 Å². The van der Waals surface area contributed by atoms with E-state index in [-0.39, 0.29) is 18.0 Å². The van der Waals surface area contributed by atoms with Crippen molar-refractivity contribution >= 4 is 24.0 Å². The fraction of sp³-hybridized carbons (Fsp3) is 0.400. The number of hydrogen-bond acceptors (Lipinski definition) is 2. The molecule has 0 radical (unpaired) electrons. The third kappa shape index (κ3) is 2.97. The van der Waals surface area contributed by atoms with Crippen LogP contribution in [0.3, 0.4) is 0 Å². The predicted octanol–water partition coefficient (Wildman–Crippen LogP) is 5.04. The molecular weight excluding hydrogens is 341 g/mol. The van der Waals surface area contributed by atoms with E-state index in [4.69, 9.17) is 16.3 Å². The number of nitrogens with zero attached hydrogens (tertiary/aromatic N) is 1. The van der Waals surface area contributed by atoms with Crippen LogP contribution in [0.2, 0.25) is 5.02 Å².